The molecule has 0 fully saturated rings. The number of nitrogens with zero attached hydrogens (tertiary/aromatic N) is 2. The summed E-state index contributed by atoms with van der Waals surface area (Å²) < 4.78 is 1.96. The van der Waals surface area contributed by atoms with Gasteiger partial charge in [0.15, 0.2) is 6.21 Å². The second-order valence-corrected chi connectivity index (χ2v) is 6.19. The maximum atomic E-state index is 6.64. The van der Waals surface area contributed by atoms with Crippen LogP contribution in [0.2, 0.25) is 0 Å². The van der Waals surface area contributed by atoms with E-state index in [4.69, 9.17) is 11.6 Å². The van der Waals surface area contributed by atoms with E-state index in [-0.39, 0.29) is 0 Å². The van der Waals surface area contributed by atoms with Crippen molar-refractivity contribution in [1.29, 1.82) is 0 Å². The molecule has 0 spiro atoms. The normalized spacial score (nSPS) is 11.4. The lowest BCUT2D eigenvalue weighted by Gasteiger charge is -2.24. The van der Waals surface area contributed by atoms with Crippen molar-refractivity contribution in [2.24, 2.45) is 0 Å². The molecule has 0 atom stereocenters. The molecule has 24 heavy (non-hydrogen) atoms. The maximum absolute atomic E-state index is 6.64. The van der Waals surface area contributed by atoms with Crippen LogP contribution >= 0.6 is 11.6 Å². The molecule has 0 unspecified atom stereocenters. The Hall–Kier alpha value is -2.58. The van der Waals surface area contributed by atoms with E-state index in [0.717, 1.165) is 11.4 Å². The van der Waals surface area contributed by atoms with Crippen LogP contribution in [0.3, 0.4) is 0 Å². The Balaban J connectivity index is 2.12. The fraction of sp³-hybridized carbons (Fsp3) is 0.0952. The third-order valence-electron chi connectivity index (χ3n) is 3.73. The molecule has 0 N–H and O–H groups in total. The minimum absolute atomic E-state index is 0.644. The largest absolute Gasteiger partial charge is 0.301 e. The van der Waals surface area contributed by atoms with E-state index in [0.29, 0.717) is 5.16 Å². The first-order valence-corrected chi connectivity index (χ1v) is 8.24. The maximum Gasteiger partial charge on any atom is 0.165 e. The molecule has 3 rings (SSSR count). The summed E-state index contributed by atoms with van der Waals surface area (Å²) >= 11 is 6.64. The fourth-order valence-electron chi connectivity index (χ4n) is 2.57. The minimum atomic E-state index is 0.644. The number of rotatable bonds is 4. The molecule has 120 valence electrons. The lowest BCUT2D eigenvalue weighted by atomic mass is 10.1. The molecule has 0 heterocycles. The van der Waals surface area contributed by atoms with E-state index in [2.05, 4.69) is 54.6 Å². The smallest absolute Gasteiger partial charge is 0.165 e. The number of halogens is 1. The molecule has 0 radical (unpaired) electrons. The molecular weight excluding hydrogens is 316 g/mol. The molecule has 0 aromatic heterocycles. The highest BCUT2D eigenvalue weighted by Crippen LogP contribution is 2.33. The molecule has 0 aliphatic carbocycles. The first kappa shape index (κ1) is 16.3. The first-order chi connectivity index (χ1) is 11.6. The Labute approximate surface area is 147 Å². The molecule has 3 aromatic carbocycles. The van der Waals surface area contributed by atoms with E-state index in [9.17, 15) is 0 Å². The zero-order chi connectivity index (χ0) is 16.9. The summed E-state index contributed by atoms with van der Waals surface area (Å²) in [5.41, 5.74) is 2.06. The predicted molar refractivity (Wildman–Crippen MR) is 105 cm³/mol. The third-order valence-corrected chi connectivity index (χ3v) is 4.02. The Morgan fingerprint density at radius 3 is 2.21 bits per heavy atom. The van der Waals surface area contributed by atoms with Gasteiger partial charge in [0.2, 0.25) is 0 Å². The standard InChI is InChI=1S/C21H20ClN2/c1-23(2)15-14-21(22)24(19-10-4-3-5-11-19)20-13-12-17-8-6-7-9-18(17)16-20/h3-16H,1-2H3/q+1. The van der Waals surface area contributed by atoms with Crippen LogP contribution in [0.25, 0.3) is 10.8 Å². The molecule has 0 bridgehead atoms. The monoisotopic (exact) mass is 335 g/mol. The van der Waals surface area contributed by atoms with Crippen LogP contribution < -0.4 is 4.90 Å². The molecule has 3 heteroatoms. The zero-order valence-electron chi connectivity index (χ0n) is 13.9. The van der Waals surface area contributed by atoms with E-state index in [1.807, 2.05) is 54.1 Å². The summed E-state index contributed by atoms with van der Waals surface area (Å²) in [6.07, 6.45) is 3.85. The van der Waals surface area contributed by atoms with Crippen molar-refractivity contribution in [3.8, 4) is 0 Å². The van der Waals surface area contributed by atoms with Gasteiger partial charge in [0, 0.05) is 17.5 Å². The van der Waals surface area contributed by atoms with Gasteiger partial charge in [-0.1, -0.05) is 60.1 Å². The van der Waals surface area contributed by atoms with E-state index < -0.39 is 0 Å². The van der Waals surface area contributed by atoms with Gasteiger partial charge in [-0.2, -0.15) is 0 Å². The molecule has 0 saturated heterocycles. The van der Waals surface area contributed by atoms with Crippen LogP contribution in [-0.4, -0.2) is 24.9 Å². The van der Waals surface area contributed by atoms with Crippen LogP contribution in [0.15, 0.2) is 84.0 Å². The number of allylic oxidation sites excluding steroid dienone is 1. The average molecular weight is 336 g/mol. The second-order valence-electron chi connectivity index (χ2n) is 5.80. The highest BCUT2D eigenvalue weighted by molar-refractivity contribution is 6.32. The summed E-state index contributed by atoms with van der Waals surface area (Å²) in [7, 11) is 3.95. The Kier molecular flexibility index (Phi) is 4.97. The van der Waals surface area contributed by atoms with Gasteiger partial charge in [-0.15, -0.1) is 0 Å². The van der Waals surface area contributed by atoms with Crippen molar-refractivity contribution in [3.05, 3.63) is 84.0 Å². The van der Waals surface area contributed by atoms with Gasteiger partial charge in [-0.3, -0.25) is 0 Å². The molecule has 0 aliphatic heterocycles. The molecule has 0 saturated carbocycles. The van der Waals surface area contributed by atoms with Gasteiger partial charge >= 0.3 is 0 Å². The lowest BCUT2D eigenvalue weighted by Crippen LogP contribution is -2.13. The van der Waals surface area contributed by atoms with Crippen molar-refractivity contribution in [3.63, 3.8) is 0 Å². The highest BCUT2D eigenvalue weighted by Gasteiger charge is 2.13. The zero-order valence-corrected chi connectivity index (χ0v) is 14.6. The number of para-hydroxylation sites is 1. The summed E-state index contributed by atoms with van der Waals surface area (Å²) in [6.45, 7) is 0. The summed E-state index contributed by atoms with van der Waals surface area (Å²) in [6, 6.07) is 24.9. The van der Waals surface area contributed by atoms with Gasteiger partial charge < -0.3 is 4.90 Å². The van der Waals surface area contributed by atoms with Crippen molar-refractivity contribution >= 4 is 40.0 Å². The minimum Gasteiger partial charge on any atom is -0.301 e. The number of hydrogen-bond donors (Lipinski definition) is 0. The Morgan fingerprint density at radius 1 is 0.833 bits per heavy atom. The SMILES string of the molecule is C[N+](C)=C/C=C(\Cl)N(c1ccccc1)c1ccc2ccccc2c1. The van der Waals surface area contributed by atoms with Crippen LogP contribution in [-0.2, 0) is 0 Å². The quantitative estimate of drug-likeness (QED) is 0.351. The number of hydrogen-bond acceptors (Lipinski definition) is 1. The summed E-state index contributed by atoms with van der Waals surface area (Å²) in [5.74, 6) is 0. The van der Waals surface area contributed by atoms with Crippen molar-refractivity contribution in [2.75, 3.05) is 19.0 Å². The van der Waals surface area contributed by atoms with Crippen molar-refractivity contribution < 1.29 is 4.58 Å². The number of anilines is 2. The second kappa shape index (κ2) is 7.33. The summed E-state index contributed by atoms with van der Waals surface area (Å²) in [5, 5.41) is 3.05. The first-order valence-electron chi connectivity index (χ1n) is 7.86. The topological polar surface area (TPSA) is 6.25 Å². The van der Waals surface area contributed by atoms with Gasteiger partial charge in [0.25, 0.3) is 0 Å². The molecule has 2 nitrogen and oxygen atoms in total. The van der Waals surface area contributed by atoms with Crippen LogP contribution in [0, 0.1) is 0 Å². The third kappa shape index (κ3) is 3.66. The fourth-order valence-corrected chi connectivity index (χ4v) is 2.83. The average Bonchev–Trinajstić information content (AvgIpc) is 2.61. The van der Waals surface area contributed by atoms with Gasteiger partial charge in [0.05, 0.1) is 0 Å². The van der Waals surface area contributed by atoms with Gasteiger partial charge in [-0.25, -0.2) is 4.58 Å². The van der Waals surface area contributed by atoms with E-state index in [1.165, 1.54) is 10.8 Å². The van der Waals surface area contributed by atoms with Crippen molar-refractivity contribution in [1.82, 2.24) is 0 Å². The number of fused-ring (bicyclic) bond motifs is 1. The molecule has 0 aliphatic rings. The van der Waals surface area contributed by atoms with Crippen LogP contribution in [0.5, 0.6) is 0 Å². The van der Waals surface area contributed by atoms with Gasteiger partial charge in [0.1, 0.15) is 19.3 Å². The van der Waals surface area contributed by atoms with Crippen LogP contribution in [0.1, 0.15) is 0 Å². The molecular formula is C21H20ClN2+. The van der Waals surface area contributed by atoms with E-state index in [1.54, 1.807) is 0 Å². The predicted octanol–water partition coefficient (Wildman–Crippen LogP) is 5.40. The van der Waals surface area contributed by atoms with Gasteiger partial charge in [-0.05, 0) is 35.0 Å². The number of benzene rings is 3. The van der Waals surface area contributed by atoms with Crippen LogP contribution in [0.4, 0.5) is 11.4 Å². The Bertz CT molecular complexity index is 894. The summed E-state index contributed by atoms with van der Waals surface area (Å²) in [4.78, 5) is 2.05. The molecule has 0 amide bonds. The lowest BCUT2D eigenvalue weighted by molar-refractivity contribution is -0.458. The van der Waals surface area contributed by atoms with E-state index >= 15 is 0 Å². The Morgan fingerprint density at radius 2 is 1.50 bits per heavy atom. The molecule has 3 aromatic rings. The van der Waals surface area contributed by atoms with Crippen molar-refractivity contribution in [2.45, 2.75) is 0 Å². The highest BCUT2D eigenvalue weighted by atomic mass is 35.5.